The van der Waals surface area contributed by atoms with Crippen molar-refractivity contribution in [3.05, 3.63) is 126 Å². The van der Waals surface area contributed by atoms with Crippen molar-refractivity contribution in [3.63, 3.8) is 0 Å². The zero-order valence-corrected chi connectivity index (χ0v) is 20.9. The van der Waals surface area contributed by atoms with Crippen LogP contribution in [-0.2, 0) is 4.79 Å². The second-order valence-electron chi connectivity index (χ2n) is 9.25. The predicted molar refractivity (Wildman–Crippen MR) is 145 cm³/mol. The number of carbonyl (C=O) groups is 2. The molecule has 1 heterocycles. The summed E-state index contributed by atoms with van der Waals surface area (Å²) < 4.78 is 5.10. The van der Waals surface area contributed by atoms with Gasteiger partial charge in [0.15, 0.2) is 0 Å². The van der Waals surface area contributed by atoms with Gasteiger partial charge in [-0.05, 0) is 46.5 Å². The maximum absolute atomic E-state index is 13.3. The van der Waals surface area contributed by atoms with E-state index in [-0.39, 0.29) is 17.9 Å². The first-order chi connectivity index (χ1) is 18.1. The molecule has 1 fully saturated rings. The molecule has 0 N–H and O–H groups in total. The largest absolute Gasteiger partial charge is 0.427 e. The van der Waals surface area contributed by atoms with Gasteiger partial charge in [-0.2, -0.15) is 0 Å². The first kappa shape index (κ1) is 24.5. The van der Waals surface area contributed by atoms with Gasteiger partial charge in [-0.3, -0.25) is 14.5 Å². The Hall–Kier alpha value is -4.22. The molecular formula is C32H30N2O3. The van der Waals surface area contributed by atoms with Crippen molar-refractivity contribution in [1.29, 1.82) is 0 Å². The molecule has 4 aromatic carbocycles. The fourth-order valence-corrected chi connectivity index (χ4v) is 4.94. The second kappa shape index (κ2) is 11.2. The van der Waals surface area contributed by atoms with Crippen LogP contribution >= 0.6 is 0 Å². The summed E-state index contributed by atoms with van der Waals surface area (Å²) >= 11 is 0. The summed E-state index contributed by atoms with van der Waals surface area (Å²) in [6.45, 7) is 4.39. The molecule has 5 rings (SSSR count). The number of hydrogen-bond donors (Lipinski definition) is 0. The quantitative estimate of drug-likeness (QED) is 0.252. The zero-order valence-electron chi connectivity index (χ0n) is 20.9. The van der Waals surface area contributed by atoms with Crippen LogP contribution in [0.15, 0.2) is 109 Å². The molecular weight excluding hydrogens is 460 g/mol. The molecule has 0 spiro atoms. The molecule has 5 nitrogen and oxygen atoms in total. The minimum atomic E-state index is -0.341. The summed E-state index contributed by atoms with van der Waals surface area (Å²) in [6, 6.07) is 36.4. The number of nitrogens with zero attached hydrogens (tertiary/aromatic N) is 2. The van der Waals surface area contributed by atoms with Crippen LogP contribution < -0.4 is 4.74 Å². The maximum atomic E-state index is 13.3. The molecule has 1 aliphatic rings. The number of ether oxygens (including phenoxy) is 1. The van der Waals surface area contributed by atoms with E-state index in [1.807, 2.05) is 53.4 Å². The Kier molecular flexibility index (Phi) is 7.43. The molecule has 0 aromatic heterocycles. The molecule has 0 unspecified atom stereocenters. The molecule has 1 saturated heterocycles. The van der Waals surface area contributed by atoms with Crippen LogP contribution in [0.3, 0.4) is 0 Å². The monoisotopic (exact) mass is 490 g/mol. The highest BCUT2D eigenvalue weighted by Crippen LogP contribution is 2.30. The van der Waals surface area contributed by atoms with E-state index in [0.29, 0.717) is 24.4 Å². The van der Waals surface area contributed by atoms with Gasteiger partial charge in [-0.1, -0.05) is 84.9 Å². The molecule has 5 heteroatoms. The average Bonchev–Trinajstić information content (AvgIpc) is 2.95. The van der Waals surface area contributed by atoms with Gasteiger partial charge in [0, 0.05) is 38.7 Å². The van der Waals surface area contributed by atoms with Crippen molar-refractivity contribution in [2.24, 2.45) is 0 Å². The lowest BCUT2D eigenvalue weighted by Crippen LogP contribution is -2.49. The summed E-state index contributed by atoms with van der Waals surface area (Å²) in [4.78, 5) is 28.8. The summed E-state index contributed by atoms with van der Waals surface area (Å²) in [5, 5.41) is 0. The Morgan fingerprint density at radius 2 is 1.14 bits per heavy atom. The van der Waals surface area contributed by atoms with Crippen molar-refractivity contribution >= 4 is 11.9 Å². The van der Waals surface area contributed by atoms with Crippen LogP contribution in [-0.4, -0.2) is 47.9 Å². The molecule has 186 valence electrons. The van der Waals surface area contributed by atoms with Gasteiger partial charge < -0.3 is 9.64 Å². The minimum Gasteiger partial charge on any atom is -0.427 e. The van der Waals surface area contributed by atoms with E-state index in [1.165, 1.54) is 18.1 Å². The Morgan fingerprint density at radius 1 is 0.649 bits per heavy atom. The summed E-state index contributed by atoms with van der Waals surface area (Å²) in [7, 11) is 0. The van der Waals surface area contributed by atoms with E-state index < -0.39 is 0 Å². The third kappa shape index (κ3) is 5.79. The molecule has 4 aromatic rings. The highest BCUT2D eigenvalue weighted by molar-refractivity contribution is 5.94. The Labute approximate surface area is 217 Å². The molecule has 1 aliphatic heterocycles. The number of esters is 1. The first-order valence-corrected chi connectivity index (χ1v) is 12.6. The fourth-order valence-electron chi connectivity index (χ4n) is 4.94. The van der Waals surface area contributed by atoms with Crippen LogP contribution in [0.2, 0.25) is 0 Å². The van der Waals surface area contributed by atoms with Gasteiger partial charge in [-0.15, -0.1) is 0 Å². The van der Waals surface area contributed by atoms with Gasteiger partial charge in [0.1, 0.15) is 5.75 Å². The van der Waals surface area contributed by atoms with Crippen LogP contribution in [0.1, 0.15) is 34.5 Å². The smallest absolute Gasteiger partial charge is 0.308 e. The summed E-state index contributed by atoms with van der Waals surface area (Å²) in [5.74, 6) is 0.239. The molecule has 1 amide bonds. The Balaban J connectivity index is 1.24. The highest BCUT2D eigenvalue weighted by Gasteiger charge is 2.28. The van der Waals surface area contributed by atoms with E-state index in [2.05, 4.69) is 53.4 Å². The Morgan fingerprint density at radius 3 is 1.62 bits per heavy atom. The predicted octanol–water partition coefficient (Wildman–Crippen LogP) is 5.83. The van der Waals surface area contributed by atoms with Gasteiger partial charge in [0.2, 0.25) is 0 Å². The molecule has 0 aliphatic carbocycles. The van der Waals surface area contributed by atoms with Gasteiger partial charge >= 0.3 is 5.97 Å². The van der Waals surface area contributed by atoms with Crippen molar-refractivity contribution in [2.75, 3.05) is 26.2 Å². The lowest BCUT2D eigenvalue weighted by atomic mass is 9.96. The second-order valence-corrected chi connectivity index (χ2v) is 9.25. The van der Waals surface area contributed by atoms with Crippen molar-refractivity contribution in [3.8, 4) is 16.9 Å². The van der Waals surface area contributed by atoms with Gasteiger partial charge in [-0.25, -0.2) is 0 Å². The summed E-state index contributed by atoms with van der Waals surface area (Å²) in [6.07, 6.45) is 0. The fraction of sp³-hybridized carbons (Fsp3) is 0.188. The maximum Gasteiger partial charge on any atom is 0.308 e. The Bertz CT molecular complexity index is 1290. The van der Waals surface area contributed by atoms with E-state index in [4.69, 9.17) is 4.74 Å². The van der Waals surface area contributed by atoms with Gasteiger partial charge in [0.25, 0.3) is 5.91 Å². The lowest BCUT2D eigenvalue weighted by molar-refractivity contribution is -0.131. The topological polar surface area (TPSA) is 49.9 Å². The molecule has 0 bridgehead atoms. The minimum absolute atomic E-state index is 0.0624. The summed E-state index contributed by atoms with van der Waals surface area (Å²) in [5.41, 5.74) is 5.23. The SMILES string of the molecule is CC(=O)Oc1ccc(-c2ccc(C(=O)N3CCN(C(c4ccccc4)c4ccccc4)CC3)cc2)cc1. The van der Waals surface area contributed by atoms with Crippen molar-refractivity contribution in [1.82, 2.24) is 9.80 Å². The van der Waals surface area contributed by atoms with Crippen LogP contribution in [0.4, 0.5) is 0 Å². The van der Waals surface area contributed by atoms with E-state index >= 15 is 0 Å². The number of rotatable bonds is 6. The standard InChI is InChI=1S/C32H30N2O3/c1-24(35)37-30-18-16-26(17-19-30)25-12-14-29(15-13-25)32(36)34-22-20-33(21-23-34)31(27-8-4-2-5-9-27)28-10-6-3-7-11-28/h2-19,31H,20-23H2,1H3. The van der Waals surface area contributed by atoms with Crippen molar-refractivity contribution < 1.29 is 14.3 Å². The van der Waals surface area contributed by atoms with Crippen molar-refractivity contribution in [2.45, 2.75) is 13.0 Å². The molecule has 37 heavy (non-hydrogen) atoms. The lowest BCUT2D eigenvalue weighted by Gasteiger charge is -2.39. The third-order valence-electron chi connectivity index (χ3n) is 6.78. The highest BCUT2D eigenvalue weighted by atomic mass is 16.5. The number of carbonyl (C=O) groups excluding carboxylic acids is 2. The van der Waals surface area contributed by atoms with Crippen LogP contribution in [0.25, 0.3) is 11.1 Å². The van der Waals surface area contributed by atoms with E-state index in [1.54, 1.807) is 12.1 Å². The van der Waals surface area contributed by atoms with Gasteiger partial charge in [0.05, 0.1) is 6.04 Å². The molecule has 0 atom stereocenters. The normalized spacial score (nSPS) is 13.9. The van der Waals surface area contributed by atoms with E-state index in [9.17, 15) is 9.59 Å². The number of hydrogen-bond acceptors (Lipinski definition) is 4. The number of piperazine rings is 1. The van der Waals surface area contributed by atoms with Crippen LogP contribution in [0, 0.1) is 0 Å². The number of amides is 1. The first-order valence-electron chi connectivity index (χ1n) is 12.6. The molecule has 0 radical (unpaired) electrons. The zero-order chi connectivity index (χ0) is 25.6. The average molecular weight is 491 g/mol. The van der Waals surface area contributed by atoms with E-state index in [0.717, 1.165) is 24.2 Å². The number of benzene rings is 4. The third-order valence-corrected chi connectivity index (χ3v) is 6.78. The van der Waals surface area contributed by atoms with Crippen LogP contribution in [0.5, 0.6) is 5.75 Å². The molecule has 0 saturated carbocycles.